The lowest BCUT2D eigenvalue weighted by Crippen LogP contribution is -1.99. The molecule has 1 aromatic heterocycles. The number of nitrogens with zero attached hydrogens (tertiary/aromatic N) is 3. The molecule has 1 aliphatic carbocycles. The quantitative estimate of drug-likeness (QED) is 0.601. The standard InChI is InChI=1S/C12H7N5/c13-4-7-2-1-3-8-5-15-6-9(8)11-10(7)16-12(14)17-11/h1-3,5-6,14-15H. The molecule has 5 nitrogen and oxygen atoms in total. The van der Waals surface area contributed by atoms with Gasteiger partial charge in [0.1, 0.15) is 17.5 Å². The fraction of sp³-hybridized carbons (Fsp3) is 0. The van der Waals surface area contributed by atoms with E-state index in [1.165, 1.54) is 0 Å². The fourth-order valence-corrected chi connectivity index (χ4v) is 1.85. The van der Waals surface area contributed by atoms with E-state index in [9.17, 15) is 0 Å². The summed E-state index contributed by atoms with van der Waals surface area (Å²) in [4.78, 5) is 11.1. The van der Waals surface area contributed by atoms with Crippen molar-refractivity contribution in [2.45, 2.75) is 0 Å². The maximum absolute atomic E-state index is 9.07. The van der Waals surface area contributed by atoms with Crippen molar-refractivity contribution in [3.05, 3.63) is 41.8 Å². The number of H-pyrrole nitrogens is 1. The normalized spacial score (nSPS) is 10.5. The molecular formula is C12H7N5. The summed E-state index contributed by atoms with van der Waals surface area (Å²) in [5.74, 6) is 0. The molecule has 2 aliphatic rings. The van der Waals surface area contributed by atoms with Gasteiger partial charge in [0.15, 0.2) is 0 Å². The Morgan fingerprint density at radius 1 is 1.18 bits per heavy atom. The van der Waals surface area contributed by atoms with E-state index in [1.807, 2.05) is 12.3 Å². The van der Waals surface area contributed by atoms with Crippen LogP contribution in [0.4, 0.5) is 0 Å². The monoisotopic (exact) mass is 221 g/mol. The smallest absolute Gasteiger partial charge is 0.243 e. The Kier molecular flexibility index (Phi) is 1.89. The zero-order valence-electron chi connectivity index (χ0n) is 8.73. The van der Waals surface area contributed by atoms with Crippen LogP contribution in [0.2, 0.25) is 0 Å². The van der Waals surface area contributed by atoms with Crippen molar-refractivity contribution in [3.63, 3.8) is 0 Å². The van der Waals surface area contributed by atoms with E-state index in [2.05, 4.69) is 21.0 Å². The van der Waals surface area contributed by atoms with E-state index in [-0.39, 0.29) is 5.62 Å². The summed E-state index contributed by atoms with van der Waals surface area (Å²) >= 11 is 0. The van der Waals surface area contributed by atoms with Gasteiger partial charge in [0.2, 0.25) is 5.62 Å². The highest BCUT2D eigenvalue weighted by atomic mass is 15.0. The van der Waals surface area contributed by atoms with Crippen molar-refractivity contribution in [2.75, 3.05) is 0 Å². The first-order valence-corrected chi connectivity index (χ1v) is 5.02. The Morgan fingerprint density at radius 2 is 2.00 bits per heavy atom. The van der Waals surface area contributed by atoms with Crippen LogP contribution in [0.5, 0.6) is 0 Å². The molecule has 1 aliphatic heterocycles. The predicted molar refractivity (Wildman–Crippen MR) is 61.1 cm³/mol. The highest BCUT2D eigenvalue weighted by molar-refractivity contribution is 5.94. The summed E-state index contributed by atoms with van der Waals surface area (Å²) in [6.45, 7) is 0. The van der Waals surface area contributed by atoms with Crippen molar-refractivity contribution in [1.82, 2.24) is 15.0 Å². The van der Waals surface area contributed by atoms with Gasteiger partial charge in [-0.15, -0.1) is 0 Å². The molecule has 80 valence electrons. The van der Waals surface area contributed by atoms with Gasteiger partial charge in [-0.2, -0.15) is 5.26 Å². The van der Waals surface area contributed by atoms with Crippen LogP contribution in [0, 0.1) is 16.7 Å². The van der Waals surface area contributed by atoms with Gasteiger partial charge in [0.25, 0.3) is 0 Å². The fourth-order valence-electron chi connectivity index (χ4n) is 1.85. The Balaban J connectivity index is 2.60. The summed E-state index contributed by atoms with van der Waals surface area (Å²) in [5.41, 5.74) is 1.42. The SMILES string of the molecule is N#Cc1cccc2c[nH]cc2c2nc(=N)nc1-2. The van der Waals surface area contributed by atoms with Crippen molar-refractivity contribution in [3.8, 4) is 17.5 Å². The molecular weight excluding hydrogens is 214 g/mol. The second-order valence-electron chi connectivity index (χ2n) is 3.62. The average Bonchev–Trinajstić information content (AvgIpc) is 2.88. The third-order valence-corrected chi connectivity index (χ3v) is 2.61. The lowest BCUT2D eigenvalue weighted by atomic mass is 10.1. The van der Waals surface area contributed by atoms with Crippen LogP contribution in [-0.2, 0) is 0 Å². The number of aromatic amines is 1. The van der Waals surface area contributed by atoms with E-state index < -0.39 is 0 Å². The van der Waals surface area contributed by atoms with Crippen LogP contribution in [0.15, 0.2) is 30.6 Å². The summed E-state index contributed by atoms with van der Waals surface area (Å²) in [6.07, 6.45) is 3.64. The summed E-state index contributed by atoms with van der Waals surface area (Å²) < 4.78 is 0. The molecule has 0 saturated carbocycles. The molecule has 0 radical (unpaired) electrons. The maximum Gasteiger partial charge on any atom is 0.243 e. The number of nitrogens with one attached hydrogen (secondary N) is 2. The molecule has 0 bridgehead atoms. The van der Waals surface area contributed by atoms with Gasteiger partial charge < -0.3 is 4.98 Å². The Morgan fingerprint density at radius 3 is 2.82 bits per heavy atom. The molecule has 0 aromatic carbocycles. The molecule has 2 heterocycles. The Hall–Kier alpha value is -2.74. The van der Waals surface area contributed by atoms with Crippen molar-refractivity contribution >= 4 is 10.8 Å². The lowest BCUT2D eigenvalue weighted by molar-refractivity contribution is 1.05. The zero-order valence-corrected chi connectivity index (χ0v) is 8.73. The Labute approximate surface area is 96.3 Å². The van der Waals surface area contributed by atoms with Crippen LogP contribution in [0.3, 0.4) is 0 Å². The number of aromatic nitrogens is 3. The van der Waals surface area contributed by atoms with Gasteiger partial charge in [-0.05, 0) is 6.07 Å². The molecule has 0 saturated heterocycles. The molecule has 1 aromatic rings. The predicted octanol–water partition coefficient (Wildman–Crippen LogP) is 1.41. The van der Waals surface area contributed by atoms with Gasteiger partial charge in [0, 0.05) is 23.2 Å². The lowest BCUT2D eigenvalue weighted by Gasteiger charge is -1.95. The van der Waals surface area contributed by atoms with Gasteiger partial charge >= 0.3 is 0 Å². The Bertz CT molecular complexity index is 781. The van der Waals surface area contributed by atoms with E-state index >= 15 is 0 Å². The van der Waals surface area contributed by atoms with Gasteiger partial charge in [-0.25, -0.2) is 9.97 Å². The first-order valence-electron chi connectivity index (χ1n) is 5.02. The first kappa shape index (κ1) is 9.48. The van der Waals surface area contributed by atoms with Crippen molar-refractivity contribution in [2.24, 2.45) is 0 Å². The molecule has 5 heteroatoms. The minimum absolute atomic E-state index is 0.0646. The molecule has 0 fully saturated rings. The maximum atomic E-state index is 9.07. The number of imidazole rings is 1. The number of hydrogen-bond donors (Lipinski definition) is 2. The highest BCUT2D eigenvalue weighted by Gasteiger charge is 2.14. The topological polar surface area (TPSA) is 89.2 Å². The van der Waals surface area contributed by atoms with E-state index in [1.54, 1.807) is 18.3 Å². The number of nitriles is 1. The number of hydrogen-bond acceptors (Lipinski definition) is 4. The molecule has 2 N–H and O–H groups in total. The van der Waals surface area contributed by atoms with Crippen LogP contribution in [-0.4, -0.2) is 15.0 Å². The average molecular weight is 221 g/mol. The second-order valence-corrected chi connectivity index (χ2v) is 3.62. The van der Waals surface area contributed by atoms with Gasteiger partial charge in [-0.1, -0.05) is 12.1 Å². The van der Waals surface area contributed by atoms with Crippen LogP contribution in [0.25, 0.3) is 22.2 Å². The minimum atomic E-state index is -0.0646. The first-order chi connectivity index (χ1) is 8.29. The van der Waals surface area contributed by atoms with E-state index in [0.29, 0.717) is 17.0 Å². The summed E-state index contributed by atoms with van der Waals surface area (Å²) in [7, 11) is 0. The highest BCUT2D eigenvalue weighted by Crippen LogP contribution is 2.26. The molecule has 0 amide bonds. The third kappa shape index (κ3) is 1.35. The second kappa shape index (κ2) is 3.39. The minimum Gasteiger partial charge on any atom is -0.366 e. The van der Waals surface area contributed by atoms with Gasteiger partial charge in [-0.3, -0.25) is 5.41 Å². The van der Waals surface area contributed by atoms with E-state index in [0.717, 1.165) is 10.8 Å². The molecule has 3 rings (SSSR count). The number of rotatable bonds is 0. The molecule has 0 spiro atoms. The van der Waals surface area contributed by atoms with Gasteiger partial charge in [0.05, 0.1) is 5.56 Å². The summed E-state index contributed by atoms with van der Waals surface area (Å²) in [5, 5.41) is 18.4. The largest absolute Gasteiger partial charge is 0.366 e. The zero-order chi connectivity index (χ0) is 11.8. The van der Waals surface area contributed by atoms with Crippen molar-refractivity contribution < 1.29 is 0 Å². The molecule has 0 unspecified atom stereocenters. The van der Waals surface area contributed by atoms with Crippen molar-refractivity contribution in [1.29, 1.82) is 10.7 Å². The summed E-state index contributed by atoms with van der Waals surface area (Å²) in [6, 6.07) is 7.45. The van der Waals surface area contributed by atoms with Crippen LogP contribution < -0.4 is 5.62 Å². The van der Waals surface area contributed by atoms with E-state index in [4.69, 9.17) is 10.7 Å². The van der Waals surface area contributed by atoms with Crippen LogP contribution in [0.1, 0.15) is 5.56 Å². The number of fused-ring (bicyclic) bond motifs is 3. The van der Waals surface area contributed by atoms with Crippen LogP contribution >= 0.6 is 0 Å². The molecule has 17 heavy (non-hydrogen) atoms. The molecule has 0 atom stereocenters. The third-order valence-electron chi connectivity index (χ3n) is 2.61.